The molecule has 0 aliphatic heterocycles. The first-order valence-electron chi connectivity index (χ1n) is 9.34. The molecule has 0 saturated heterocycles. The van der Waals surface area contributed by atoms with E-state index in [1.54, 1.807) is 11.3 Å². The van der Waals surface area contributed by atoms with Crippen LogP contribution in [-0.2, 0) is 12.0 Å². The molecule has 1 aliphatic carbocycles. The molecule has 5 heteroatoms. The lowest BCUT2D eigenvalue weighted by molar-refractivity contribution is 0.0677. The smallest absolute Gasteiger partial charge is 0.191 e. The van der Waals surface area contributed by atoms with Crippen LogP contribution < -0.4 is 10.6 Å². The Bertz CT molecular complexity index is 706. The van der Waals surface area contributed by atoms with Gasteiger partial charge in [-0.05, 0) is 66.5 Å². The van der Waals surface area contributed by atoms with Crippen molar-refractivity contribution in [2.75, 3.05) is 19.6 Å². The summed E-state index contributed by atoms with van der Waals surface area (Å²) in [5, 5.41) is 21.4. The number of guanidine groups is 1. The van der Waals surface area contributed by atoms with Gasteiger partial charge in [-0.3, -0.25) is 0 Å². The van der Waals surface area contributed by atoms with Crippen LogP contribution in [0, 0.1) is 5.41 Å². The maximum absolute atomic E-state index is 10.7. The number of hydrogen-bond donors (Lipinski definition) is 3. The molecule has 0 bridgehead atoms. The van der Waals surface area contributed by atoms with Gasteiger partial charge in [-0.25, -0.2) is 4.99 Å². The summed E-state index contributed by atoms with van der Waals surface area (Å²) in [6.07, 6.45) is 3.61. The van der Waals surface area contributed by atoms with Crippen LogP contribution in [0.4, 0.5) is 0 Å². The molecule has 1 aromatic carbocycles. The average Bonchev–Trinajstić information content (AvgIpc) is 3.16. The second-order valence-corrected chi connectivity index (χ2v) is 8.28. The molecule has 26 heavy (non-hydrogen) atoms. The van der Waals surface area contributed by atoms with Gasteiger partial charge in [-0.2, -0.15) is 11.3 Å². The van der Waals surface area contributed by atoms with Gasteiger partial charge in [0.15, 0.2) is 5.96 Å². The maximum atomic E-state index is 10.7. The molecule has 4 nitrogen and oxygen atoms in total. The average molecular weight is 372 g/mol. The van der Waals surface area contributed by atoms with Crippen LogP contribution in [0.3, 0.4) is 0 Å². The van der Waals surface area contributed by atoms with Crippen LogP contribution in [0.5, 0.6) is 0 Å². The Morgan fingerprint density at radius 2 is 2.00 bits per heavy atom. The molecular formula is C21H29N3OS. The first kappa shape index (κ1) is 18.9. The van der Waals surface area contributed by atoms with Gasteiger partial charge < -0.3 is 15.7 Å². The molecule has 1 unspecified atom stereocenters. The number of benzene rings is 1. The zero-order valence-electron chi connectivity index (χ0n) is 15.7. The highest BCUT2D eigenvalue weighted by Gasteiger charge is 2.42. The summed E-state index contributed by atoms with van der Waals surface area (Å²) in [5.74, 6) is 0.780. The fourth-order valence-electron chi connectivity index (χ4n) is 3.13. The number of nitrogens with zero attached hydrogens (tertiary/aromatic N) is 1. The third kappa shape index (κ3) is 5.08. The Hall–Kier alpha value is -1.85. The Morgan fingerprint density at radius 3 is 2.62 bits per heavy atom. The van der Waals surface area contributed by atoms with Crippen molar-refractivity contribution >= 4 is 17.3 Å². The molecule has 3 N–H and O–H groups in total. The molecule has 1 aliphatic rings. The minimum Gasteiger partial charge on any atom is -0.383 e. The summed E-state index contributed by atoms with van der Waals surface area (Å²) in [6, 6.07) is 12.7. The van der Waals surface area contributed by atoms with E-state index in [1.807, 2.05) is 23.8 Å². The Morgan fingerprint density at radius 1 is 1.23 bits per heavy atom. The molecule has 0 spiro atoms. The lowest BCUT2D eigenvalue weighted by atomic mass is 9.96. The zero-order chi connectivity index (χ0) is 18.5. The highest BCUT2D eigenvalue weighted by atomic mass is 32.1. The molecule has 1 fully saturated rings. The highest BCUT2D eigenvalue weighted by Crippen LogP contribution is 2.47. The number of rotatable bonds is 8. The first-order chi connectivity index (χ1) is 12.5. The predicted molar refractivity (Wildman–Crippen MR) is 110 cm³/mol. The molecule has 1 aromatic heterocycles. The normalized spacial score (nSPS) is 18.2. The van der Waals surface area contributed by atoms with Crippen molar-refractivity contribution < 1.29 is 5.11 Å². The highest BCUT2D eigenvalue weighted by molar-refractivity contribution is 7.08. The molecule has 3 rings (SSSR count). The fourth-order valence-corrected chi connectivity index (χ4v) is 3.91. The van der Waals surface area contributed by atoms with Crippen molar-refractivity contribution in [3.8, 4) is 0 Å². The number of hydrogen-bond acceptors (Lipinski definition) is 3. The second kappa shape index (κ2) is 8.23. The van der Waals surface area contributed by atoms with Gasteiger partial charge in [0.05, 0.1) is 6.54 Å². The number of nitrogens with one attached hydrogen (secondary N) is 2. The second-order valence-electron chi connectivity index (χ2n) is 7.50. The van der Waals surface area contributed by atoms with E-state index in [1.165, 1.54) is 18.4 Å². The van der Waals surface area contributed by atoms with Gasteiger partial charge >= 0.3 is 0 Å². The Labute approximate surface area is 160 Å². The number of aliphatic imine (C=N–C) groups is 1. The van der Waals surface area contributed by atoms with Crippen LogP contribution >= 0.6 is 11.3 Å². The van der Waals surface area contributed by atoms with Gasteiger partial charge in [0, 0.05) is 13.1 Å². The van der Waals surface area contributed by atoms with E-state index in [4.69, 9.17) is 0 Å². The van der Waals surface area contributed by atoms with Crippen molar-refractivity contribution in [1.29, 1.82) is 0 Å². The number of thiophene rings is 1. The van der Waals surface area contributed by atoms with E-state index in [0.29, 0.717) is 12.0 Å². The monoisotopic (exact) mass is 371 g/mol. The fraction of sp³-hybridized carbons (Fsp3) is 0.476. The molecule has 1 heterocycles. The molecular weight excluding hydrogens is 342 g/mol. The summed E-state index contributed by atoms with van der Waals surface area (Å²) in [4.78, 5) is 4.63. The molecule has 0 amide bonds. The van der Waals surface area contributed by atoms with Crippen molar-refractivity contribution in [1.82, 2.24) is 10.6 Å². The van der Waals surface area contributed by atoms with Crippen LogP contribution in [-0.4, -0.2) is 30.7 Å². The minimum atomic E-state index is -0.941. The quantitative estimate of drug-likeness (QED) is 0.491. The van der Waals surface area contributed by atoms with E-state index >= 15 is 0 Å². The maximum Gasteiger partial charge on any atom is 0.191 e. The summed E-state index contributed by atoms with van der Waals surface area (Å²) in [7, 11) is 0. The summed E-state index contributed by atoms with van der Waals surface area (Å²) >= 11 is 1.59. The van der Waals surface area contributed by atoms with E-state index in [0.717, 1.165) is 31.0 Å². The van der Waals surface area contributed by atoms with Gasteiger partial charge in [0.2, 0.25) is 0 Å². The Kier molecular flexibility index (Phi) is 5.99. The predicted octanol–water partition coefficient (Wildman–Crippen LogP) is 3.53. The largest absolute Gasteiger partial charge is 0.383 e. The summed E-state index contributed by atoms with van der Waals surface area (Å²) in [5.41, 5.74) is 1.72. The van der Waals surface area contributed by atoms with Crippen molar-refractivity contribution in [3.05, 3.63) is 58.3 Å². The summed E-state index contributed by atoms with van der Waals surface area (Å²) < 4.78 is 0. The standard InChI is InChI=1S/C21H29N3OS/c1-3-22-19(23-15-20(2,25)18-9-12-26-14-18)24-16-21(10-11-21)13-17-7-5-4-6-8-17/h4-9,12,14,25H,3,10-11,13,15-16H2,1-2H3,(H2,22,23,24). The third-order valence-corrected chi connectivity index (χ3v) is 5.73. The lowest BCUT2D eigenvalue weighted by Gasteiger charge is -2.22. The van der Waals surface area contributed by atoms with Crippen molar-refractivity contribution in [2.45, 2.75) is 38.7 Å². The Balaban J connectivity index is 1.58. The molecule has 0 radical (unpaired) electrons. The molecule has 1 atom stereocenters. The number of aliphatic hydroxyl groups is 1. The molecule has 1 saturated carbocycles. The minimum absolute atomic E-state index is 0.338. The topological polar surface area (TPSA) is 56.7 Å². The van der Waals surface area contributed by atoms with E-state index in [9.17, 15) is 5.11 Å². The van der Waals surface area contributed by atoms with Crippen molar-refractivity contribution in [2.24, 2.45) is 10.4 Å². The van der Waals surface area contributed by atoms with Crippen LogP contribution in [0.1, 0.15) is 37.8 Å². The zero-order valence-corrected chi connectivity index (χ0v) is 16.5. The van der Waals surface area contributed by atoms with Crippen LogP contribution in [0.2, 0.25) is 0 Å². The van der Waals surface area contributed by atoms with Crippen LogP contribution in [0.15, 0.2) is 52.2 Å². The van der Waals surface area contributed by atoms with E-state index in [-0.39, 0.29) is 0 Å². The molecule has 140 valence electrons. The van der Waals surface area contributed by atoms with Gasteiger partial charge in [-0.1, -0.05) is 30.3 Å². The van der Waals surface area contributed by atoms with E-state index < -0.39 is 5.60 Å². The van der Waals surface area contributed by atoms with Gasteiger partial charge in [0.25, 0.3) is 0 Å². The van der Waals surface area contributed by atoms with Gasteiger partial charge in [-0.15, -0.1) is 0 Å². The first-order valence-corrected chi connectivity index (χ1v) is 10.3. The van der Waals surface area contributed by atoms with Gasteiger partial charge in [0.1, 0.15) is 5.60 Å². The van der Waals surface area contributed by atoms with Crippen LogP contribution in [0.25, 0.3) is 0 Å². The third-order valence-electron chi connectivity index (χ3n) is 5.04. The van der Waals surface area contributed by atoms with E-state index in [2.05, 4.69) is 52.9 Å². The SMILES string of the molecule is CCNC(=NCC(C)(O)c1ccsc1)NCC1(Cc2ccccc2)CC1. The lowest BCUT2D eigenvalue weighted by Crippen LogP contribution is -2.41. The molecule has 2 aromatic rings. The van der Waals surface area contributed by atoms with Crippen molar-refractivity contribution in [3.63, 3.8) is 0 Å². The summed E-state index contributed by atoms with van der Waals surface area (Å²) in [6.45, 7) is 5.93.